The third-order valence-electron chi connectivity index (χ3n) is 3.29. The fourth-order valence-electron chi connectivity index (χ4n) is 2.33. The number of rotatable bonds is 5. The molecule has 0 aromatic heterocycles. The van der Waals surface area contributed by atoms with Gasteiger partial charge in [-0.3, -0.25) is 9.69 Å². The number of hydrogen-bond donors (Lipinski definition) is 1. The van der Waals surface area contributed by atoms with Gasteiger partial charge in [0.15, 0.2) is 0 Å². The van der Waals surface area contributed by atoms with Gasteiger partial charge >= 0.3 is 5.97 Å². The van der Waals surface area contributed by atoms with Gasteiger partial charge in [-0.1, -0.05) is 19.3 Å². The van der Waals surface area contributed by atoms with Gasteiger partial charge < -0.3 is 5.11 Å². The molecule has 1 aliphatic rings. The van der Waals surface area contributed by atoms with Crippen LogP contribution in [-0.4, -0.2) is 35.1 Å². The summed E-state index contributed by atoms with van der Waals surface area (Å²) in [6, 6.07) is 0.336. The molecule has 0 aromatic carbocycles. The van der Waals surface area contributed by atoms with E-state index in [0.717, 1.165) is 12.5 Å². The maximum Gasteiger partial charge on any atom is 0.317 e. The van der Waals surface area contributed by atoms with Crippen LogP contribution in [-0.2, 0) is 4.79 Å². The molecule has 0 heterocycles. The van der Waals surface area contributed by atoms with Crippen LogP contribution < -0.4 is 0 Å². The summed E-state index contributed by atoms with van der Waals surface area (Å²) in [5, 5.41) is 8.82. The SMILES string of the molecule is CC(C)N(CC(=O)O)CC1CCCCC1. The predicted octanol–water partition coefficient (Wildman–Crippen LogP) is 2.36. The lowest BCUT2D eigenvalue weighted by atomic mass is 9.88. The zero-order chi connectivity index (χ0) is 11.3. The summed E-state index contributed by atoms with van der Waals surface area (Å²) in [4.78, 5) is 12.8. The molecule has 1 fully saturated rings. The molecule has 0 aliphatic heterocycles. The Morgan fingerprint density at radius 1 is 1.33 bits per heavy atom. The van der Waals surface area contributed by atoms with Gasteiger partial charge in [-0.2, -0.15) is 0 Å². The Bertz CT molecular complexity index is 198. The Labute approximate surface area is 92.5 Å². The molecule has 1 rings (SSSR count). The maximum absolute atomic E-state index is 10.7. The minimum absolute atomic E-state index is 0.189. The van der Waals surface area contributed by atoms with Gasteiger partial charge in [-0.25, -0.2) is 0 Å². The van der Waals surface area contributed by atoms with Gasteiger partial charge in [0.1, 0.15) is 0 Å². The molecule has 15 heavy (non-hydrogen) atoms. The van der Waals surface area contributed by atoms with Crippen LogP contribution in [0.1, 0.15) is 46.0 Å². The van der Waals surface area contributed by atoms with Crippen molar-refractivity contribution >= 4 is 5.97 Å². The minimum Gasteiger partial charge on any atom is -0.480 e. The largest absolute Gasteiger partial charge is 0.480 e. The first kappa shape index (κ1) is 12.5. The van der Waals surface area contributed by atoms with Crippen LogP contribution in [0.3, 0.4) is 0 Å². The van der Waals surface area contributed by atoms with Crippen molar-refractivity contribution in [2.75, 3.05) is 13.1 Å². The monoisotopic (exact) mass is 213 g/mol. The number of hydrogen-bond acceptors (Lipinski definition) is 2. The molecule has 0 saturated heterocycles. The third-order valence-corrected chi connectivity index (χ3v) is 3.29. The molecule has 3 heteroatoms. The summed E-state index contributed by atoms with van der Waals surface area (Å²) in [6.45, 7) is 5.30. The second-order valence-corrected chi connectivity index (χ2v) is 4.92. The Hall–Kier alpha value is -0.570. The van der Waals surface area contributed by atoms with E-state index in [1.54, 1.807) is 0 Å². The third kappa shape index (κ3) is 4.65. The number of aliphatic carboxylic acids is 1. The number of carbonyl (C=O) groups is 1. The number of carboxylic acid groups (broad SMARTS) is 1. The maximum atomic E-state index is 10.7. The lowest BCUT2D eigenvalue weighted by Gasteiger charge is -2.31. The van der Waals surface area contributed by atoms with Gasteiger partial charge in [0.05, 0.1) is 6.54 Å². The van der Waals surface area contributed by atoms with Gasteiger partial charge in [0.2, 0.25) is 0 Å². The van der Waals surface area contributed by atoms with Crippen LogP contribution >= 0.6 is 0 Å². The lowest BCUT2D eigenvalue weighted by molar-refractivity contribution is -0.139. The highest BCUT2D eigenvalue weighted by Gasteiger charge is 2.20. The van der Waals surface area contributed by atoms with Crippen LogP contribution in [0.25, 0.3) is 0 Å². The van der Waals surface area contributed by atoms with Crippen LogP contribution in [0.5, 0.6) is 0 Å². The van der Waals surface area contributed by atoms with Gasteiger partial charge in [0, 0.05) is 12.6 Å². The normalized spacial score (nSPS) is 18.7. The van der Waals surface area contributed by atoms with Gasteiger partial charge in [0.25, 0.3) is 0 Å². The highest BCUT2D eigenvalue weighted by atomic mass is 16.4. The average molecular weight is 213 g/mol. The quantitative estimate of drug-likeness (QED) is 0.762. The second kappa shape index (κ2) is 6.11. The first-order chi connectivity index (χ1) is 7.09. The number of carboxylic acids is 1. The Morgan fingerprint density at radius 3 is 2.40 bits per heavy atom. The minimum atomic E-state index is -0.709. The molecule has 1 saturated carbocycles. The predicted molar refractivity (Wildman–Crippen MR) is 60.9 cm³/mol. The molecule has 0 radical (unpaired) electrons. The van der Waals surface area contributed by atoms with Gasteiger partial charge in [-0.05, 0) is 32.6 Å². The van der Waals surface area contributed by atoms with Crippen molar-refractivity contribution in [2.45, 2.75) is 52.0 Å². The van der Waals surface area contributed by atoms with Crippen molar-refractivity contribution in [3.05, 3.63) is 0 Å². The standard InChI is InChI=1S/C12H23NO2/c1-10(2)13(9-12(14)15)8-11-6-4-3-5-7-11/h10-11H,3-9H2,1-2H3,(H,14,15). The summed E-state index contributed by atoms with van der Waals surface area (Å²) in [6.07, 6.45) is 6.57. The van der Waals surface area contributed by atoms with Crippen LogP contribution in [0.4, 0.5) is 0 Å². The molecular formula is C12H23NO2. The molecule has 1 aliphatic carbocycles. The van der Waals surface area contributed by atoms with E-state index in [9.17, 15) is 4.79 Å². The molecule has 0 amide bonds. The number of nitrogens with zero attached hydrogens (tertiary/aromatic N) is 1. The molecule has 88 valence electrons. The Balaban J connectivity index is 2.38. The van der Waals surface area contributed by atoms with Crippen LogP contribution in [0, 0.1) is 5.92 Å². The van der Waals surface area contributed by atoms with Crippen molar-refractivity contribution < 1.29 is 9.90 Å². The molecule has 0 spiro atoms. The van der Waals surface area contributed by atoms with E-state index >= 15 is 0 Å². The van der Waals surface area contributed by atoms with Crippen molar-refractivity contribution in [1.29, 1.82) is 0 Å². The Kier molecular flexibility index (Phi) is 5.09. The van der Waals surface area contributed by atoms with Crippen LogP contribution in [0.2, 0.25) is 0 Å². The molecule has 1 N–H and O–H groups in total. The fraction of sp³-hybridized carbons (Fsp3) is 0.917. The smallest absolute Gasteiger partial charge is 0.317 e. The zero-order valence-corrected chi connectivity index (χ0v) is 9.91. The Morgan fingerprint density at radius 2 is 1.93 bits per heavy atom. The molecule has 0 atom stereocenters. The van der Waals surface area contributed by atoms with E-state index < -0.39 is 5.97 Å². The van der Waals surface area contributed by atoms with Crippen molar-refractivity contribution in [1.82, 2.24) is 4.90 Å². The molecule has 0 aromatic rings. The van der Waals surface area contributed by atoms with E-state index in [1.165, 1.54) is 32.1 Å². The zero-order valence-electron chi connectivity index (χ0n) is 9.91. The van der Waals surface area contributed by atoms with Crippen molar-refractivity contribution in [3.8, 4) is 0 Å². The highest BCUT2D eigenvalue weighted by molar-refractivity contribution is 5.69. The van der Waals surface area contributed by atoms with Crippen molar-refractivity contribution in [2.24, 2.45) is 5.92 Å². The topological polar surface area (TPSA) is 40.5 Å². The molecular weight excluding hydrogens is 190 g/mol. The van der Waals surface area contributed by atoms with E-state index in [0.29, 0.717) is 6.04 Å². The first-order valence-electron chi connectivity index (χ1n) is 6.05. The summed E-state index contributed by atoms with van der Waals surface area (Å²) in [7, 11) is 0. The van der Waals surface area contributed by atoms with Gasteiger partial charge in [-0.15, -0.1) is 0 Å². The fourth-order valence-corrected chi connectivity index (χ4v) is 2.33. The van der Waals surface area contributed by atoms with Crippen LogP contribution in [0.15, 0.2) is 0 Å². The molecule has 0 bridgehead atoms. The first-order valence-corrected chi connectivity index (χ1v) is 6.05. The summed E-state index contributed by atoms with van der Waals surface area (Å²) >= 11 is 0. The molecule has 3 nitrogen and oxygen atoms in total. The van der Waals surface area contributed by atoms with E-state index in [4.69, 9.17) is 5.11 Å². The average Bonchev–Trinajstić information content (AvgIpc) is 2.17. The molecule has 0 unspecified atom stereocenters. The summed E-state index contributed by atoms with van der Waals surface area (Å²) < 4.78 is 0. The van der Waals surface area contributed by atoms with E-state index in [-0.39, 0.29) is 6.54 Å². The highest BCUT2D eigenvalue weighted by Crippen LogP contribution is 2.24. The second-order valence-electron chi connectivity index (χ2n) is 4.92. The summed E-state index contributed by atoms with van der Waals surface area (Å²) in [5.41, 5.74) is 0. The van der Waals surface area contributed by atoms with E-state index in [1.807, 2.05) is 0 Å². The van der Waals surface area contributed by atoms with E-state index in [2.05, 4.69) is 18.7 Å². The lowest BCUT2D eigenvalue weighted by Crippen LogP contribution is -2.39. The summed E-state index contributed by atoms with van der Waals surface area (Å²) in [5.74, 6) is 0.0139. The van der Waals surface area contributed by atoms with Crippen molar-refractivity contribution in [3.63, 3.8) is 0 Å².